The van der Waals surface area contributed by atoms with E-state index in [9.17, 15) is 4.79 Å². The Kier molecular flexibility index (Phi) is 5.39. The number of rotatable bonds is 5. The average Bonchev–Trinajstić information content (AvgIpc) is 3.36. The van der Waals surface area contributed by atoms with Crippen molar-refractivity contribution < 1.29 is 0 Å². The summed E-state index contributed by atoms with van der Waals surface area (Å²) in [5.74, 6) is 0. The lowest BCUT2D eigenvalue weighted by atomic mass is 10.0. The number of halogens is 1. The van der Waals surface area contributed by atoms with Crippen LogP contribution in [0.25, 0.3) is 5.69 Å². The van der Waals surface area contributed by atoms with Crippen molar-refractivity contribution in [2.24, 2.45) is 0 Å². The highest BCUT2D eigenvalue weighted by Crippen LogP contribution is 2.23. The van der Waals surface area contributed by atoms with E-state index in [0.717, 1.165) is 27.4 Å². The molecule has 29 heavy (non-hydrogen) atoms. The lowest BCUT2D eigenvalue weighted by Gasteiger charge is -2.16. The molecule has 0 amide bonds. The van der Waals surface area contributed by atoms with Gasteiger partial charge in [0.1, 0.15) is 0 Å². The first-order valence-electron chi connectivity index (χ1n) is 9.34. The highest BCUT2D eigenvalue weighted by Gasteiger charge is 2.15. The molecular weight excluding hydrogens is 404 g/mol. The highest BCUT2D eigenvalue weighted by molar-refractivity contribution is 7.05. The van der Waals surface area contributed by atoms with E-state index in [2.05, 4.69) is 34.5 Å². The molecule has 1 aromatic carbocycles. The predicted octanol–water partition coefficient (Wildman–Crippen LogP) is 4.96. The Morgan fingerprint density at radius 2 is 2.00 bits per heavy atom. The van der Waals surface area contributed by atoms with Gasteiger partial charge in [-0.3, -0.25) is 4.79 Å². The summed E-state index contributed by atoms with van der Waals surface area (Å²) < 4.78 is 7.85. The molecule has 0 unspecified atom stereocenters. The fraction of sp³-hybridized carbons (Fsp3) is 0.227. The van der Waals surface area contributed by atoms with Gasteiger partial charge in [-0.1, -0.05) is 23.7 Å². The Morgan fingerprint density at radius 3 is 2.66 bits per heavy atom. The number of benzene rings is 1. The molecule has 0 fully saturated rings. The van der Waals surface area contributed by atoms with Crippen molar-refractivity contribution in [1.29, 1.82) is 0 Å². The van der Waals surface area contributed by atoms with Gasteiger partial charge in [0.25, 0.3) is 5.56 Å². The van der Waals surface area contributed by atoms with Crippen molar-refractivity contribution in [1.82, 2.24) is 18.5 Å². The maximum Gasteiger partial charge on any atom is 0.254 e. The van der Waals surface area contributed by atoms with Crippen LogP contribution in [0.1, 0.15) is 40.2 Å². The molecule has 148 valence electrons. The van der Waals surface area contributed by atoms with E-state index in [0.29, 0.717) is 17.0 Å². The van der Waals surface area contributed by atoms with Gasteiger partial charge < -0.3 is 9.13 Å². The molecular formula is C22H21ClN4OS. The van der Waals surface area contributed by atoms with E-state index in [1.807, 2.05) is 37.0 Å². The first kappa shape index (κ1) is 19.6. The van der Waals surface area contributed by atoms with Crippen molar-refractivity contribution in [2.45, 2.75) is 33.2 Å². The van der Waals surface area contributed by atoms with E-state index in [1.54, 1.807) is 23.0 Å². The highest BCUT2D eigenvalue weighted by atomic mass is 35.5. The third-order valence-corrected chi connectivity index (χ3v) is 6.14. The van der Waals surface area contributed by atoms with Gasteiger partial charge in [-0.25, -0.2) is 9.36 Å². The summed E-state index contributed by atoms with van der Waals surface area (Å²) in [7, 11) is 0. The Morgan fingerprint density at radius 1 is 1.17 bits per heavy atom. The first-order chi connectivity index (χ1) is 13.9. The number of aryl methyl sites for hydroxylation is 2. The first-order valence-corrected chi connectivity index (χ1v) is 10.5. The third-order valence-electron chi connectivity index (χ3n) is 5.02. The second kappa shape index (κ2) is 7.97. The van der Waals surface area contributed by atoms with E-state index in [4.69, 9.17) is 11.6 Å². The lowest BCUT2D eigenvalue weighted by molar-refractivity contribution is 0.619. The van der Waals surface area contributed by atoms with E-state index >= 15 is 0 Å². The van der Waals surface area contributed by atoms with Crippen LogP contribution in [0.15, 0.2) is 60.0 Å². The molecule has 5 nitrogen and oxygen atoms in total. The average molecular weight is 425 g/mol. The van der Waals surface area contributed by atoms with Crippen molar-refractivity contribution >= 4 is 23.1 Å². The van der Waals surface area contributed by atoms with Crippen LogP contribution in [0.5, 0.6) is 0 Å². The normalized spacial score (nSPS) is 12.3. The summed E-state index contributed by atoms with van der Waals surface area (Å²) in [5.41, 5.74) is 4.90. The molecule has 7 heteroatoms. The number of imidazole rings is 1. The summed E-state index contributed by atoms with van der Waals surface area (Å²) in [5, 5.41) is 0.554. The van der Waals surface area contributed by atoms with Crippen LogP contribution in [-0.2, 0) is 6.42 Å². The molecule has 4 aromatic rings. The number of aromatic nitrogens is 4. The summed E-state index contributed by atoms with van der Waals surface area (Å²) in [6, 6.07) is 9.82. The molecule has 3 aromatic heterocycles. The summed E-state index contributed by atoms with van der Waals surface area (Å²) in [4.78, 5) is 18.4. The van der Waals surface area contributed by atoms with E-state index in [-0.39, 0.29) is 11.6 Å². The number of nitrogens with zero attached hydrogens (tertiary/aromatic N) is 4. The number of hydrogen-bond donors (Lipinski definition) is 0. The monoisotopic (exact) mass is 424 g/mol. The van der Waals surface area contributed by atoms with Gasteiger partial charge in [-0.15, -0.1) is 0 Å². The van der Waals surface area contributed by atoms with Gasteiger partial charge in [0.2, 0.25) is 0 Å². The minimum atomic E-state index is -0.110. The molecule has 4 rings (SSSR count). The van der Waals surface area contributed by atoms with Crippen LogP contribution in [-0.4, -0.2) is 18.5 Å². The summed E-state index contributed by atoms with van der Waals surface area (Å²) in [6.07, 6.45) is 7.79. The molecule has 0 aliphatic carbocycles. The van der Waals surface area contributed by atoms with Crippen LogP contribution in [0.4, 0.5) is 0 Å². The molecule has 0 bridgehead atoms. The molecule has 3 heterocycles. The van der Waals surface area contributed by atoms with Crippen molar-refractivity contribution in [3.8, 4) is 5.69 Å². The smallest absolute Gasteiger partial charge is 0.254 e. The molecule has 0 saturated heterocycles. The maximum absolute atomic E-state index is 13.1. The van der Waals surface area contributed by atoms with Gasteiger partial charge in [0.05, 0.1) is 23.1 Å². The second-order valence-electron chi connectivity index (χ2n) is 7.21. The quantitative estimate of drug-likeness (QED) is 0.455. The molecule has 0 radical (unpaired) electrons. The summed E-state index contributed by atoms with van der Waals surface area (Å²) >= 11 is 7.74. The largest absolute Gasteiger partial charge is 0.306 e. The Bertz CT molecular complexity index is 1210. The number of pyridine rings is 1. The van der Waals surface area contributed by atoms with Gasteiger partial charge in [0.15, 0.2) is 0 Å². The van der Waals surface area contributed by atoms with Crippen molar-refractivity contribution in [2.75, 3.05) is 0 Å². The maximum atomic E-state index is 13.1. The van der Waals surface area contributed by atoms with Gasteiger partial charge in [-0.2, -0.15) is 0 Å². The van der Waals surface area contributed by atoms with Gasteiger partial charge in [0, 0.05) is 41.1 Å². The van der Waals surface area contributed by atoms with Gasteiger partial charge >= 0.3 is 0 Å². The molecule has 1 atom stereocenters. The third kappa shape index (κ3) is 4.04. The molecule has 0 spiro atoms. The fourth-order valence-corrected chi connectivity index (χ4v) is 4.37. The van der Waals surface area contributed by atoms with E-state index < -0.39 is 0 Å². The lowest BCUT2D eigenvalue weighted by Crippen LogP contribution is -2.26. The number of hydrogen-bond acceptors (Lipinski definition) is 4. The molecule has 0 aliphatic rings. The Balaban J connectivity index is 1.66. The Labute approximate surface area is 178 Å². The predicted molar refractivity (Wildman–Crippen MR) is 117 cm³/mol. The minimum absolute atomic E-state index is 0.0257. The van der Waals surface area contributed by atoms with Crippen LogP contribution in [0.3, 0.4) is 0 Å². The zero-order chi connectivity index (χ0) is 20.5. The molecule has 0 N–H and O–H groups in total. The van der Waals surface area contributed by atoms with Crippen LogP contribution in [0.2, 0.25) is 5.02 Å². The van der Waals surface area contributed by atoms with Crippen LogP contribution >= 0.6 is 23.1 Å². The topological polar surface area (TPSA) is 52.7 Å². The molecule has 0 aliphatic heterocycles. The fourth-order valence-electron chi connectivity index (χ4n) is 3.51. The second-order valence-corrected chi connectivity index (χ2v) is 8.51. The Hall–Kier alpha value is -2.70. The zero-order valence-corrected chi connectivity index (χ0v) is 18.0. The zero-order valence-electron chi connectivity index (χ0n) is 16.5. The molecule has 0 saturated carbocycles. The van der Waals surface area contributed by atoms with Crippen LogP contribution < -0.4 is 5.56 Å². The van der Waals surface area contributed by atoms with Crippen molar-refractivity contribution in [3.05, 3.63) is 97.9 Å². The van der Waals surface area contributed by atoms with Gasteiger partial charge in [-0.05, 0) is 61.6 Å². The minimum Gasteiger partial charge on any atom is -0.306 e. The van der Waals surface area contributed by atoms with E-state index in [1.165, 1.54) is 11.5 Å². The van der Waals surface area contributed by atoms with Crippen LogP contribution in [0, 0.1) is 13.8 Å². The standard InChI is InChI=1S/C22H21ClN4OS/c1-14-8-17(4-5-20(14)26-11-15(2)24-13-26)9-18-10-19(23)12-27(22(18)28)16(3)21-6-7-25-29-21/h4-8,10-13,16H,9H2,1-3H3/t16-/m0/s1. The van der Waals surface area contributed by atoms with Crippen molar-refractivity contribution in [3.63, 3.8) is 0 Å². The summed E-state index contributed by atoms with van der Waals surface area (Å²) in [6.45, 7) is 6.02. The SMILES string of the molecule is Cc1cn(-c2ccc(Cc3cc(Cl)cn([C@@H](C)c4ccns4)c3=O)cc2C)cn1.